The summed E-state index contributed by atoms with van der Waals surface area (Å²) in [7, 11) is -4.05. The van der Waals surface area contributed by atoms with Gasteiger partial charge in [-0.2, -0.15) is 4.72 Å². The minimum atomic E-state index is -4.05. The van der Waals surface area contributed by atoms with Crippen LogP contribution in [0.3, 0.4) is 0 Å². The molecule has 4 bridgehead atoms. The SMILES string of the molecule is CC(C)(NS(=O)(=O)c1cccc(Cl)c1Cl)C(=O)CC1C2CC3CC1CC(C(N)=O)(C3)C2. The van der Waals surface area contributed by atoms with Gasteiger partial charge in [0.2, 0.25) is 15.9 Å². The largest absolute Gasteiger partial charge is 0.369 e. The Hall–Kier alpha value is -1.15. The lowest BCUT2D eigenvalue weighted by molar-refractivity contribution is -0.152. The lowest BCUT2D eigenvalue weighted by Crippen LogP contribution is -2.57. The van der Waals surface area contributed by atoms with Gasteiger partial charge in [0.15, 0.2) is 5.78 Å². The van der Waals surface area contributed by atoms with Crippen LogP contribution < -0.4 is 10.5 Å². The molecule has 170 valence electrons. The normalized spacial score (nSPS) is 32.3. The van der Waals surface area contributed by atoms with E-state index in [-0.39, 0.29) is 50.8 Å². The molecule has 4 saturated carbocycles. The van der Waals surface area contributed by atoms with Crippen LogP contribution in [0.15, 0.2) is 23.1 Å². The molecule has 1 aromatic rings. The number of halogens is 2. The average Bonchev–Trinajstić information content (AvgIpc) is 2.65. The molecule has 0 spiro atoms. The number of benzene rings is 1. The maximum Gasteiger partial charge on any atom is 0.243 e. The van der Waals surface area contributed by atoms with Crippen molar-refractivity contribution in [3.63, 3.8) is 0 Å². The second-order valence-electron chi connectivity index (χ2n) is 10.2. The molecule has 1 amide bonds. The van der Waals surface area contributed by atoms with E-state index in [9.17, 15) is 18.0 Å². The zero-order valence-electron chi connectivity index (χ0n) is 17.7. The van der Waals surface area contributed by atoms with Crippen molar-refractivity contribution < 1.29 is 18.0 Å². The van der Waals surface area contributed by atoms with Crippen molar-refractivity contribution in [1.82, 2.24) is 4.72 Å². The van der Waals surface area contributed by atoms with Gasteiger partial charge in [-0.1, -0.05) is 29.3 Å². The molecule has 3 N–H and O–H groups in total. The molecule has 6 nitrogen and oxygen atoms in total. The van der Waals surface area contributed by atoms with Gasteiger partial charge in [0.1, 0.15) is 4.90 Å². The van der Waals surface area contributed by atoms with E-state index in [0.717, 1.165) is 32.1 Å². The number of ketones is 1. The van der Waals surface area contributed by atoms with Gasteiger partial charge >= 0.3 is 0 Å². The van der Waals surface area contributed by atoms with Crippen LogP contribution in [-0.2, 0) is 19.6 Å². The Morgan fingerprint density at radius 2 is 1.77 bits per heavy atom. The molecule has 0 aliphatic heterocycles. The number of carbonyl (C=O) groups is 2. The van der Waals surface area contributed by atoms with Crippen LogP contribution in [0.4, 0.5) is 0 Å². The number of primary amides is 1. The van der Waals surface area contributed by atoms with Crippen LogP contribution in [0.1, 0.15) is 52.4 Å². The third kappa shape index (κ3) is 4.03. The Bertz CT molecular complexity index is 1020. The fraction of sp³-hybridized carbons (Fsp3) is 0.636. The third-order valence-corrected chi connectivity index (χ3v) is 10.3. The molecular formula is C22H28Cl2N2O4S. The highest BCUT2D eigenvalue weighted by atomic mass is 35.5. The van der Waals surface area contributed by atoms with E-state index in [1.165, 1.54) is 18.2 Å². The summed E-state index contributed by atoms with van der Waals surface area (Å²) >= 11 is 12.1. The number of hydrogen-bond donors (Lipinski definition) is 2. The van der Waals surface area contributed by atoms with Crippen LogP contribution in [-0.4, -0.2) is 25.6 Å². The highest BCUT2D eigenvalue weighted by Gasteiger charge is 2.58. The Morgan fingerprint density at radius 3 is 2.35 bits per heavy atom. The second kappa shape index (κ2) is 7.72. The number of hydrogen-bond acceptors (Lipinski definition) is 4. The van der Waals surface area contributed by atoms with Gasteiger partial charge in [-0.15, -0.1) is 0 Å². The number of amides is 1. The summed E-state index contributed by atoms with van der Waals surface area (Å²) in [5, 5.41) is 0.0587. The van der Waals surface area contributed by atoms with E-state index in [0.29, 0.717) is 5.92 Å². The number of rotatable bonds is 7. The molecule has 31 heavy (non-hydrogen) atoms. The second-order valence-corrected chi connectivity index (χ2v) is 12.6. The quantitative estimate of drug-likeness (QED) is 0.608. The Balaban J connectivity index is 1.50. The van der Waals surface area contributed by atoms with Gasteiger partial charge in [-0.3, -0.25) is 9.59 Å². The molecule has 2 atom stereocenters. The van der Waals surface area contributed by atoms with E-state index in [1.807, 2.05) is 0 Å². The fourth-order valence-corrected chi connectivity index (χ4v) is 8.53. The van der Waals surface area contributed by atoms with Crippen LogP contribution in [0.5, 0.6) is 0 Å². The summed E-state index contributed by atoms with van der Waals surface area (Å²) in [6, 6.07) is 4.36. The van der Waals surface area contributed by atoms with E-state index in [4.69, 9.17) is 28.9 Å². The van der Waals surface area contributed by atoms with Crippen molar-refractivity contribution in [3.8, 4) is 0 Å². The van der Waals surface area contributed by atoms with Crippen LogP contribution >= 0.6 is 23.2 Å². The highest BCUT2D eigenvalue weighted by Crippen LogP contribution is 2.62. The number of nitrogens with two attached hydrogens (primary N) is 1. The zero-order chi connectivity index (χ0) is 22.8. The van der Waals surface area contributed by atoms with Crippen molar-refractivity contribution in [2.24, 2.45) is 34.8 Å². The van der Waals surface area contributed by atoms with E-state index in [1.54, 1.807) is 13.8 Å². The number of nitrogens with one attached hydrogen (secondary N) is 1. The smallest absolute Gasteiger partial charge is 0.243 e. The predicted octanol–water partition coefficient (Wildman–Crippen LogP) is 3.94. The van der Waals surface area contributed by atoms with E-state index < -0.39 is 21.0 Å². The lowest BCUT2D eigenvalue weighted by atomic mass is 9.45. The summed E-state index contributed by atoms with van der Waals surface area (Å²) < 4.78 is 28.4. The van der Waals surface area contributed by atoms with E-state index in [2.05, 4.69) is 4.72 Å². The average molecular weight is 487 g/mol. The monoisotopic (exact) mass is 486 g/mol. The first-order valence-corrected chi connectivity index (χ1v) is 12.9. The zero-order valence-corrected chi connectivity index (χ0v) is 20.0. The molecule has 0 radical (unpaired) electrons. The van der Waals surface area contributed by atoms with Gasteiger partial charge in [-0.25, -0.2) is 8.42 Å². The van der Waals surface area contributed by atoms with Crippen molar-refractivity contribution in [2.45, 2.75) is 62.8 Å². The fourth-order valence-electron chi connectivity index (χ4n) is 6.37. The molecule has 9 heteroatoms. The minimum absolute atomic E-state index is 0.0716. The maximum absolute atomic E-state index is 13.3. The summed E-state index contributed by atoms with van der Waals surface area (Å²) in [5.74, 6) is 0.876. The van der Waals surface area contributed by atoms with Crippen molar-refractivity contribution in [1.29, 1.82) is 0 Å². The Kier molecular flexibility index (Phi) is 5.73. The minimum Gasteiger partial charge on any atom is -0.369 e. The molecule has 5 rings (SSSR count). The molecule has 2 unspecified atom stereocenters. The van der Waals surface area contributed by atoms with Crippen molar-refractivity contribution >= 4 is 44.9 Å². The van der Waals surface area contributed by atoms with Gasteiger partial charge in [0.25, 0.3) is 0 Å². The van der Waals surface area contributed by atoms with Gasteiger partial charge in [0.05, 0.1) is 15.6 Å². The first kappa shape index (κ1) is 23.0. The number of sulfonamides is 1. The standard InChI is InChI=1S/C22H28Cl2N2O4S/c1-21(2,26-31(29,30)17-5-3-4-16(23)19(17)24)18(27)8-15-13-6-12-7-14(15)11-22(9-12,10-13)20(25)28/h3-5,12-15,26H,6-11H2,1-2H3,(H2,25,28). The molecular weight excluding hydrogens is 459 g/mol. The first-order chi connectivity index (χ1) is 14.3. The summed E-state index contributed by atoms with van der Waals surface area (Å²) in [4.78, 5) is 25.2. The first-order valence-electron chi connectivity index (χ1n) is 10.7. The molecule has 0 saturated heterocycles. The molecule has 0 aromatic heterocycles. The van der Waals surface area contributed by atoms with Crippen LogP contribution in [0.25, 0.3) is 0 Å². The molecule has 0 heterocycles. The number of Topliss-reactive ketones (excluding diaryl/α,β-unsaturated/α-hetero) is 1. The summed E-state index contributed by atoms with van der Waals surface area (Å²) in [6.07, 6.45) is 4.70. The van der Waals surface area contributed by atoms with E-state index >= 15 is 0 Å². The van der Waals surface area contributed by atoms with Crippen molar-refractivity contribution in [3.05, 3.63) is 28.2 Å². The number of carbonyl (C=O) groups excluding carboxylic acids is 2. The Morgan fingerprint density at radius 1 is 1.16 bits per heavy atom. The van der Waals surface area contributed by atoms with Crippen LogP contribution in [0, 0.1) is 29.1 Å². The topological polar surface area (TPSA) is 106 Å². The summed E-state index contributed by atoms with van der Waals surface area (Å²) in [6.45, 7) is 3.15. The molecule has 4 aliphatic carbocycles. The van der Waals surface area contributed by atoms with Gasteiger partial charge in [0, 0.05) is 11.8 Å². The highest BCUT2D eigenvalue weighted by molar-refractivity contribution is 7.89. The van der Waals surface area contributed by atoms with Gasteiger partial charge in [-0.05, 0) is 81.8 Å². The predicted molar refractivity (Wildman–Crippen MR) is 119 cm³/mol. The summed E-state index contributed by atoms with van der Waals surface area (Å²) in [5.41, 5.74) is 4.04. The van der Waals surface area contributed by atoms with Crippen molar-refractivity contribution in [2.75, 3.05) is 0 Å². The van der Waals surface area contributed by atoms with Crippen LogP contribution in [0.2, 0.25) is 10.0 Å². The molecule has 1 aromatic carbocycles. The molecule has 4 aliphatic rings. The lowest BCUT2D eigenvalue weighted by Gasteiger charge is -2.59. The maximum atomic E-state index is 13.3. The van der Waals surface area contributed by atoms with Gasteiger partial charge < -0.3 is 5.73 Å². The molecule has 4 fully saturated rings. The Labute approximate surface area is 193 Å². The third-order valence-electron chi connectivity index (χ3n) is 7.70.